The van der Waals surface area contributed by atoms with Gasteiger partial charge in [0.05, 0.1) is 12.0 Å². The van der Waals surface area contributed by atoms with Crippen LogP contribution >= 0.6 is 0 Å². The van der Waals surface area contributed by atoms with Gasteiger partial charge in [0.25, 0.3) is 0 Å². The maximum atomic E-state index is 13.0. The van der Waals surface area contributed by atoms with Crippen molar-refractivity contribution in [1.29, 1.82) is 0 Å². The van der Waals surface area contributed by atoms with Gasteiger partial charge in [-0.3, -0.25) is 14.4 Å². The highest BCUT2D eigenvalue weighted by atomic mass is 32.2. The fourth-order valence-electron chi connectivity index (χ4n) is 4.31. The number of hydrogen-bond donors (Lipinski definition) is 5. The largest absolute Gasteiger partial charge is 0.496 e. The van der Waals surface area contributed by atoms with Crippen molar-refractivity contribution in [2.24, 2.45) is 5.92 Å². The summed E-state index contributed by atoms with van der Waals surface area (Å²) >= 11 is 0. The minimum absolute atomic E-state index is 0.0543. The number of carbonyl (C=O) groups excluding carboxylic acids is 2. The molecule has 0 saturated carbocycles. The van der Waals surface area contributed by atoms with Gasteiger partial charge in [-0.1, -0.05) is 24.3 Å². The van der Waals surface area contributed by atoms with Crippen molar-refractivity contribution in [3.05, 3.63) is 36.4 Å². The minimum atomic E-state index is -4.25. The molecule has 0 aromatic heterocycles. The van der Waals surface area contributed by atoms with E-state index in [0.29, 0.717) is 28.9 Å². The number of carboxylic acid groups (broad SMARTS) is 1. The average Bonchev–Trinajstić information content (AvgIpc) is 2.89. The number of nitrogens with one attached hydrogen (secondary N) is 4. The Morgan fingerprint density at radius 2 is 1.70 bits per heavy atom. The minimum Gasteiger partial charge on any atom is -0.496 e. The maximum absolute atomic E-state index is 13.0. The number of sulfonamides is 1. The van der Waals surface area contributed by atoms with Crippen molar-refractivity contribution in [2.45, 2.75) is 43.0 Å². The first-order valence-corrected chi connectivity index (χ1v) is 13.7. The molecule has 2 aromatic rings. The predicted molar refractivity (Wildman–Crippen MR) is 138 cm³/mol. The van der Waals surface area contributed by atoms with Gasteiger partial charge in [-0.05, 0) is 50.4 Å². The first-order valence-electron chi connectivity index (χ1n) is 12.3. The van der Waals surface area contributed by atoms with Crippen LogP contribution in [0.15, 0.2) is 41.3 Å². The monoisotopic (exact) mass is 534 g/mol. The molecule has 2 aromatic carbocycles. The maximum Gasteiger partial charge on any atom is 0.323 e. The number of aliphatic carboxylic acids is 1. The molecule has 1 aliphatic rings. The normalized spacial score (nSPS) is 15.2. The summed E-state index contributed by atoms with van der Waals surface area (Å²) in [6.45, 7) is 1.59. The van der Waals surface area contributed by atoms with E-state index in [1.54, 1.807) is 24.3 Å². The fourth-order valence-corrected chi connectivity index (χ4v) is 5.72. The zero-order valence-corrected chi connectivity index (χ0v) is 21.6. The Morgan fingerprint density at radius 1 is 1.03 bits per heavy atom. The van der Waals surface area contributed by atoms with Crippen molar-refractivity contribution in [3.63, 3.8) is 0 Å². The van der Waals surface area contributed by atoms with Gasteiger partial charge in [0.1, 0.15) is 11.8 Å². The van der Waals surface area contributed by atoms with Crippen LogP contribution in [0.25, 0.3) is 10.8 Å². The van der Waals surface area contributed by atoms with Crippen molar-refractivity contribution in [2.75, 3.05) is 33.3 Å². The van der Waals surface area contributed by atoms with Gasteiger partial charge in [0.2, 0.25) is 21.8 Å². The van der Waals surface area contributed by atoms with E-state index in [-0.39, 0.29) is 23.8 Å². The molecule has 12 heteroatoms. The van der Waals surface area contributed by atoms with Crippen LogP contribution in [0, 0.1) is 5.92 Å². The zero-order chi connectivity index (χ0) is 26.8. The summed E-state index contributed by atoms with van der Waals surface area (Å²) in [4.78, 5) is 35.8. The van der Waals surface area contributed by atoms with E-state index in [2.05, 4.69) is 20.7 Å². The summed E-state index contributed by atoms with van der Waals surface area (Å²) in [5.41, 5.74) is 0. The third-order valence-corrected chi connectivity index (χ3v) is 7.89. The molecule has 0 spiro atoms. The van der Waals surface area contributed by atoms with E-state index in [1.165, 1.54) is 19.2 Å². The third-order valence-electron chi connectivity index (χ3n) is 6.36. The highest BCUT2D eigenvalue weighted by molar-refractivity contribution is 7.89. The molecule has 1 saturated heterocycles. The van der Waals surface area contributed by atoms with Gasteiger partial charge >= 0.3 is 5.97 Å². The molecule has 1 unspecified atom stereocenters. The molecule has 0 radical (unpaired) electrons. The van der Waals surface area contributed by atoms with Crippen molar-refractivity contribution in [3.8, 4) is 5.75 Å². The quantitative estimate of drug-likeness (QED) is 0.254. The highest BCUT2D eigenvalue weighted by Gasteiger charge is 2.27. The van der Waals surface area contributed by atoms with E-state index in [1.807, 2.05) is 0 Å². The second-order valence-electron chi connectivity index (χ2n) is 8.96. The Bertz CT molecular complexity index is 1210. The number of fused-ring (bicyclic) bond motifs is 1. The van der Waals surface area contributed by atoms with E-state index in [4.69, 9.17) is 4.74 Å². The van der Waals surface area contributed by atoms with E-state index >= 15 is 0 Å². The van der Waals surface area contributed by atoms with E-state index in [0.717, 1.165) is 32.4 Å². The Hall–Kier alpha value is -3.22. The van der Waals surface area contributed by atoms with Crippen LogP contribution in [0.5, 0.6) is 5.75 Å². The molecule has 11 nitrogen and oxygen atoms in total. The molecule has 5 N–H and O–H groups in total. The number of benzene rings is 2. The number of amides is 2. The molecule has 37 heavy (non-hydrogen) atoms. The van der Waals surface area contributed by atoms with Crippen LogP contribution < -0.4 is 25.4 Å². The number of carbonyl (C=O) groups is 3. The average molecular weight is 535 g/mol. The summed E-state index contributed by atoms with van der Waals surface area (Å²) in [6, 6.07) is 7.96. The van der Waals surface area contributed by atoms with E-state index < -0.39 is 34.5 Å². The number of rotatable bonds is 13. The summed E-state index contributed by atoms with van der Waals surface area (Å²) in [5.74, 6) is -1.06. The topological polar surface area (TPSA) is 163 Å². The first-order chi connectivity index (χ1) is 17.7. The molecule has 1 heterocycles. The summed E-state index contributed by atoms with van der Waals surface area (Å²) in [7, 11) is -2.78. The summed E-state index contributed by atoms with van der Waals surface area (Å²) < 4.78 is 33.5. The zero-order valence-electron chi connectivity index (χ0n) is 20.8. The van der Waals surface area contributed by atoms with Crippen LogP contribution in [0.2, 0.25) is 0 Å². The molecule has 0 aliphatic carbocycles. The number of carboxylic acids is 1. The molecular formula is C25H34N4O7S. The Morgan fingerprint density at radius 3 is 2.41 bits per heavy atom. The second kappa shape index (κ2) is 13.4. The van der Waals surface area contributed by atoms with Gasteiger partial charge in [0, 0.05) is 36.7 Å². The van der Waals surface area contributed by atoms with Gasteiger partial charge in [-0.25, -0.2) is 8.42 Å². The molecule has 3 rings (SSSR count). The van der Waals surface area contributed by atoms with Gasteiger partial charge in [-0.2, -0.15) is 4.72 Å². The summed E-state index contributed by atoms with van der Waals surface area (Å²) in [5, 5.41) is 18.9. The lowest BCUT2D eigenvalue weighted by molar-refractivity contribution is -0.138. The molecule has 202 valence electrons. The number of hydrogen-bond acceptors (Lipinski definition) is 7. The van der Waals surface area contributed by atoms with E-state index in [9.17, 15) is 27.9 Å². The van der Waals surface area contributed by atoms with Crippen LogP contribution in [0.1, 0.15) is 32.1 Å². The predicted octanol–water partition coefficient (Wildman–Crippen LogP) is 0.982. The second-order valence-corrected chi connectivity index (χ2v) is 10.6. The lowest BCUT2D eigenvalue weighted by atomic mass is 9.93. The van der Waals surface area contributed by atoms with Crippen LogP contribution in [-0.2, 0) is 24.4 Å². The first kappa shape index (κ1) is 28.4. The SMILES string of the molecule is COc1cccc2c(S(=O)(=O)NC(CNC(=O)CCNC(=O)CCC3CCNCC3)C(=O)O)cccc12. The van der Waals surface area contributed by atoms with Crippen molar-refractivity contribution in [1.82, 2.24) is 20.7 Å². The third kappa shape index (κ3) is 8.14. The molecule has 0 bridgehead atoms. The molecule has 1 fully saturated rings. The summed E-state index contributed by atoms with van der Waals surface area (Å²) in [6.07, 6.45) is 3.26. The van der Waals surface area contributed by atoms with Crippen LogP contribution in [0.3, 0.4) is 0 Å². The smallest absolute Gasteiger partial charge is 0.323 e. The molecule has 1 atom stereocenters. The number of methoxy groups -OCH3 is 1. The Kier molecular flexibility index (Phi) is 10.2. The van der Waals surface area contributed by atoms with Crippen LogP contribution in [-0.4, -0.2) is 70.6 Å². The van der Waals surface area contributed by atoms with Gasteiger partial charge in [-0.15, -0.1) is 0 Å². The molecule has 2 amide bonds. The lowest BCUT2D eigenvalue weighted by Crippen LogP contribution is -2.48. The fraction of sp³-hybridized carbons (Fsp3) is 0.480. The standard InChI is InChI=1S/C25H34N4O7S/c1-36-21-6-2-5-19-18(21)4-3-7-22(19)37(34,35)29-20(25(32)33)16-28-24(31)12-15-27-23(30)9-8-17-10-13-26-14-11-17/h2-7,17,20,26,29H,8-16H2,1H3,(H,27,30)(H,28,31)(H,32,33). The molecule has 1 aliphatic heterocycles. The van der Waals surface area contributed by atoms with Gasteiger partial charge < -0.3 is 25.8 Å². The Balaban J connectivity index is 1.50. The number of ether oxygens (including phenoxy) is 1. The number of piperidine rings is 1. The Labute approximate surface area is 216 Å². The van der Waals surface area contributed by atoms with Crippen molar-refractivity contribution >= 4 is 38.6 Å². The van der Waals surface area contributed by atoms with Crippen molar-refractivity contribution < 1.29 is 32.6 Å². The van der Waals surface area contributed by atoms with Crippen LogP contribution in [0.4, 0.5) is 0 Å². The highest BCUT2D eigenvalue weighted by Crippen LogP contribution is 2.30. The molecular weight excluding hydrogens is 500 g/mol. The van der Waals surface area contributed by atoms with Gasteiger partial charge in [0.15, 0.2) is 0 Å². The lowest BCUT2D eigenvalue weighted by Gasteiger charge is -2.22.